The molecule has 292 valence electrons. The molecule has 18 heteroatoms. The summed E-state index contributed by atoms with van der Waals surface area (Å²) >= 11 is 24.4. The fourth-order valence-electron chi connectivity index (χ4n) is 4.54. The van der Waals surface area contributed by atoms with Crippen molar-refractivity contribution in [3.05, 3.63) is 115 Å². The topological polar surface area (TPSA) is 180 Å². The number of halogens is 6. The normalized spacial score (nSPS) is 10.4. The highest BCUT2D eigenvalue weighted by molar-refractivity contribution is 6.38. The largest absolute Gasteiger partial charge is 0.486 e. The smallest absolute Gasteiger partial charge is 0.322 e. The van der Waals surface area contributed by atoms with Gasteiger partial charge in [-0.05, 0) is 77.4 Å². The fraction of sp³-hybridized carbons (Fsp3) is 0.216. The minimum Gasteiger partial charge on any atom is -0.486 e. The Morgan fingerprint density at radius 2 is 1.02 bits per heavy atom. The molecule has 0 bridgehead atoms. The molecular formula is C37H33Cl4F2N3O9. The van der Waals surface area contributed by atoms with Gasteiger partial charge in [-0.3, -0.25) is 24.0 Å². The van der Waals surface area contributed by atoms with E-state index in [9.17, 15) is 32.8 Å². The second-order valence-corrected chi connectivity index (χ2v) is 13.0. The van der Waals surface area contributed by atoms with E-state index < -0.39 is 36.0 Å². The lowest BCUT2D eigenvalue weighted by atomic mass is 10.1. The number of benzene rings is 4. The van der Waals surface area contributed by atoms with Crippen LogP contribution in [0.4, 0.5) is 20.2 Å². The fourth-order valence-corrected chi connectivity index (χ4v) is 5.77. The van der Waals surface area contributed by atoms with Crippen molar-refractivity contribution in [2.24, 2.45) is 0 Å². The van der Waals surface area contributed by atoms with Gasteiger partial charge in [0.05, 0.1) is 26.5 Å². The molecule has 0 atom stereocenters. The maximum Gasteiger partial charge on any atom is 0.322 e. The molecule has 0 fully saturated rings. The van der Waals surface area contributed by atoms with Crippen LogP contribution in [-0.2, 0) is 38.8 Å². The quantitative estimate of drug-likeness (QED) is 0.0784. The molecule has 5 N–H and O–H groups in total. The molecule has 4 aromatic rings. The Morgan fingerprint density at radius 1 is 0.600 bits per heavy atom. The highest BCUT2D eigenvalue weighted by atomic mass is 35.5. The van der Waals surface area contributed by atoms with Crippen molar-refractivity contribution in [2.45, 2.75) is 46.3 Å². The van der Waals surface area contributed by atoms with E-state index in [-0.39, 0.29) is 87.1 Å². The van der Waals surface area contributed by atoms with Gasteiger partial charge in [-0.1, -0.05) is 60.3 Å². The zero-order valence-electron chi connectivity index (χ0n) is 29.0. The molecular weight excluding hydrogens is 810 g/mol. The molecule has 0 aliphatic heterocycles. The average Bonchev–Trinajstić information content (AvgIpc) is 3.09. The van der Waals surface area contributed by atoms with E-state index in [0.29, 0.717) is 22.4 Å². The first-order valence-corrected chi connectivity index (χ1v) is 17.6. The molecule has 0 unspecified atom stereocenters. The van der Waals surface area contributed by atoms with Crippen molar-refractivity contribution < 1.29 is 52.4 Å². The van der Waals surface area contributed by atoms with Crippen LogP contribution in [0.5, 0.6) is 11.5 Å². The summed E-state index contributed by atoms with van der Waals surface area (Å²) < 4.78 is 38.6. The van der Waals surface area contributed by atoms with E-state index in [1.807, 2.05) is 0 Å². The van der Waals surface area contributed by atoms with Gasteiger partial charge in [0.25, 0.3) is 5.91 Å². The number of amides is 3. The molecule has 12 nitrogen and oxygen atoms in total. The number of hydrogen-bond acceptors (Lipinski definition) is 7. The second-order valence-electron chi connectivity index (χ2n) is 11.4. The van der Waals surface area contributed by atoms with E-state index in [0.717, 1.165) is 0 Å². The number of carboxylic acids is 2. The van der Waals surface area contributed by atoms with Crippen molar-refractivity contribution in [1.82, 2.24) is 5.32 Å². The van der Waals surface area contributed by atoms with Crippen molar-refractivity contribution in [2.75, 3.05) is 17.2 Å². The molecule has 0 aromatic heterocycles. The third-order valence-electron chi connectivity index (χ3n) is 6.97. The number of carboxylic acid groups (broad SMARTS) is 2. The van der Waals surface area contributed by atoms with Gasteiger partial charge in [-0.2, -0.15) is 0 Å². The lowest BCUT2D eigenvalue weighted by Crippen LogP contribution is -2.29. The van der Waals surface area contributed by atoms with Crippen molar-refractivity contribution in [3.63, 3.8) is 0 Å². The van der Waals surface area contributed by atoms with Gasteiger partial charge in [-0.25, -0.2) is 8.78 Å². The van der Waals surface area contributed by atoms with Crippen LogP contribution in [0, 0.1) is 11.6 Å². The molecule has 4 aromatic carbocycles. The van der Waals surface area contributed by atoms with Crippen LogP contribution < -0.4 is 25.4 Å². The van der Waals surface area contributed by atoms with Crippen LogP contribution in [0.25, 0.3) is 0 Å². The summed E-state index contributed by atoms with van der Waals surface area (Å²) in [6.07, 6.45) is 0.306. The van der Waals surface area contributed by atoms with E-state index in [4.69, 9.17) is 66.1 Å². The molecule has 0 aliphatic carbocycles. The zero-order valence-corrected chi connectivity index (χ0v) is 32.1. The van der Waals surface area contributed by atoms with Gasteiger partial charge in [0.15, 0.2) is 11.5 Å². The van der Waals surface area contributed by atoms with E-state index >= 15 is 0 Å². The Bertz CT molecular complexity index is 2040. The summed E-state index contributed by atoms with van der Waals surface area (Å²) in [4.78, 5) is 56.1. The van der Waals surface area contributed by atoms with E-state index in [1.165, 1.54) is 48.5 Å². The summed E-state index contributed by atoms with van der Waals surface area (Å²) in [6.45, 7) is 2.68. The molecule has 0 radical (unpaired) electrons. The predicted molar refractivity (Wildman–Crippen MR) is 204 cm³/mol. The van der Waals surface area contributed by atoms with Gasteiger partial charge >= 0.3 is 11.9 Å². The Morgan fingerprint density at radius 3 is 1.40 bits per heavy atom. The Hall–Kier alpha value is -5.15. The maximum absolute atomic E-state index is 13.8. The first-order chi connectivity index (χ1) is 26.0. The summed E-state index contributed by atoms with van der Waals surface area (Å²) in [5, 5.41) is 25.1. The number of carbonyl (C=O) groups excluding carboxylic acids is 3. The molecule has 3 amide bonds. The van der Waals surface area contributed by atoms with Crippen molar-refractivity contribution in [1.29, 1.82) is 0 Å². The molecule has 4 rings (SSSR count). The minimum atomic E-state index is -1.19. The maximum atomic E-state index is 13.8. The number of aliphatic carboxylic acids is 2. The standard InChI is InChI=1S/C19H17Cl2FN2O5.C18H16Cl2FNO4/c1-2-16(25)24-13-4-10(3-12(22)7-13)9-29-18-14(20)5-11(6-15(18)21)19(28)23-8-17(26)27;1-2-16(23)22-13-4-11(3-12(21)8-13)9-26-18-14(19)5-10(6-15(18)20)7-17(24)25/h3-7H,2,8-9H2,1H3,(H,23,28)(H,24,25)(H,26,27);3-6,8H,2,7,9H2,1H3,(H,22,23)(H,24,25). The van der Waals surface area contributed by atoms with Crippen LogP contribution in [0.1, 0.15) is 53.7 Å². The van der Waals surface area contributed by atoms with Crippen LogP contribution in [0.3, 0.4) is 0 Å². The summed E-state index contributed by atoms with van der Waals surface area (Å²) in [5.74, 6) is -4.19. The van der Waals surface area contributed by atoms with Gasteiger partial charge in [-0.15, -0.1) is 0 Å². The van der Waals surface area contributed by atoms with Crippen molar-refractivity contribution in [3.8, 4) is 11.5 Å². The average molecular weight is 843 g/mol. The van der Waals surface area contributed by atoms with Crippen LogP contribution in [-0.4, -0.2) is 46.4 Å². The number of anilines is 2. The minimum absolute atomic E-state index is 0.0221. The number of rotatable bonds is 15. The van der Waals surface area contributed by atoms with Gasteiger partial charge in [0.1, 0.15) is 31.4 Å². The molecule has 0 saturated heterocycles. The van der Waals surface area contributed by atoms with Crippen LogP contribution in [0.2, 0.25) is 20.1 Å². The Balaban J connectivity index is 0.000000297. The van der Waals surface area contributed by atoms with Gasteiger partial charge in [0, 0.05) is 29.8 Å². The summed E-state index contributed by atoms with van der Waals surface area (Å²) in [7, 11) is 0. The lowest BCUT2D eigenvalue weighted by Gasteiger charge is -2.13. The number of hydrogen-bond donors (Lipinski definition) is 5. The molecule has 0 spiro atoms. The molecule has 0 heterocycles. The lowest BCUT2D eigenvalue weighted by molar-refractivity contribution is -0.137. The SMILES string of the molecule is CCC(=O)Nc1cc(F)cc(COc2c(Cl)cc(C(=O)NCC(=O)O)cc2Cl)c1.CCC(=O)Nc1cc(F)cc(COc2c(Cl)cc(CC(=O)O)cc2Cl)c1. The third-order valence-corrected chi connectivity index (χ3v) is 8.09. The number of carbonyl (C=O) groups is 5. The molecule has 0 saturated carbocycles. The number of ether oxygens (including phenoxy) is 2. The van der Waals surface area contributed by atoms with Gasteiger partial charge < -0.3 is 35.6 Å². The van der Waals surface area contributed by atoms with E-state index in [2.05, 4.69) is 16.0 Å². The zero-order chi connectivity index (χ0) is 40.8. The highest BCUT2D eigenvalue weighted by Gasteiger charge is 2.16. The number of nitrogens with one attached hydrogen (secondary N) is 3. The highest BCUT2D eigenvalue weighted by Crippen LogP contribution is 2.36. The van der Waals surface area contributed by atoms with E-state index in [1.54, 1.807) is 26.0 Å². The van der Waals surface area contributed by atoms with Crippen LogP contribution in [0.15, 0.2) is 60.7 Å². The summed E-state index contributed by atoms with van der Waals surface area (Å²) in [5.41, 5.74) is 2.01. The Kier molecular flexibility index (Phi) is 17.0. The third kappa shape index (κ3) is 14.5. The van der Waals surface area contributed by atoms with Crippen molar-refractivity contribution >= 4 is 87.4 Å². The second kappa shape index (κ2) is 21.1. The summed E-state index contributed by atoms with van der Waals surface area (Å²) in [6, 6.07) is 13.5. The van der Waals surface area contributed by atoms with Crippen LogP contribution >= 0.6 is 46.4 Å². The molecule has 55 heavy (non-hydrogen) atoms. The Labute approximate surface area is 333 Å². The first kappa shape index (κ1) is 44.2. The monoisotopic (exact) mass is 841 g/mol. The first-order valence-electron chi connectivity index (χ1n) is 16.1. The van der Waals surface area contributed by atoms with Gasteiger partial charge in [0.2, 0.25) is 11.8 Å². The molecule has 0 aliphatic rings. The predicted octanol–water partition coefficient (Wildman–Crippen LogP) is 8.56.